The molecular formula is C14H19F2N5O7S2. The van der Waals surface area contributed by atoms with Crippen molar-refractivity contribution in [1.29, 1.82) is 5.41 Å². The van der Waals surface area contributed by atoms with Crippen LogP contribution < -0.4 is 11.5 Å². The average Bonchev–Trinajstić information content (AvgIpc) is 2.87. The lowest BCUT2D eigenvalue weighted by Crippen LogP contribution is -2.20. The number of aromatic nitrogens is 2. The number of guanidine groups is 1. The van der Waals surface area contributed by atoms with Gasteiger partial charge in [0.2, 0.25) is 0 Å². The van der Waals surface area contributed by atoms with Gasteiger partial charge in [0.15, 0.2) is 11.7 Å². The Balaban J connectivity index is 0.000000789. The predicted octanol–water partition coefficient (Wildman–Crippen LogP) is 0.0764. The number of nitrogens with one attached hydrogen (secondary N) is 2. The number of hydrogen-bond acceptors (Lipinski definition) is 7. The van der Waals surface area contributed by atoms with E-state index in [0.717, 1.165) is 18.2 Å². The van der Waals surface area contributed by atoms with Crippen LogP contribution in [-0.4, -0.2) is 59.7 Å². The first-order valence-corrected chi connectivity index (χ1v) is 10.9. The van der Waals surface area contributed by atoms with E-state index in [4.69, 9.17) is 14.5 Å². The summed E-state index contributed by atoms with van der Waals surface area (Å²) in [4.78, 5) is 18.0. The zero-order valence-corrected chi connectivity index (χ0v) is 17.2. The van der Waals surface area contributed by atoms with E-state index in [1.807, 2.05) is 0 Å². The third-order valence-corrected chi connectivity index (χ3v) is 3.29. The molecule has 0 radical (unpaired) electrons. The van der Waals surface area contributed by atoms with Gasteiger partial charge in [-0.2, -0.15) is 16.8 Å². The molecule has 0 aliphatic rings. The quantitative estimate of drug-likeness (QED) is 0.152. The number of halogens is 2. The van der Waals surface area contributed by atoms with Crippen molar-refractivity contribution in [1.82, 2.24) is 9.97 Å². The molecule has 1 aromatic heterocycles. The Bertz CT molecular complexity index is 1120. The third kappa shape index (κ3) is 11.8. The van der Waals surface area contributed by atoms with Gasteiger partial charge in [0.05, 0.1) is 17.5 Å². The van der Waals surface area contributed by atoms with Crippen molar-refractivity contribution in [2.45, 2.75) is 6.92 Å². The molecule has 1 heterocycles. The molecule has 168 valence electrons. The van der Waals surface area contributed by atoms with Crippen molar-refractivity contribution < 1.29 is 39.5 Å². The van der Waals surface area contributed by atoms with Gasteiger partial charge in [-0.3, -0.25) is 19.3 Å². The Hall–Kier alpha value is -2.95. The summed E-state index contributed by atoms with van der Waals surface area (Å²) in [6, 6.07) is 2.73. The minimum atomic E-state index is -4.49. The van der Waals surface area contributed by atoms with Gasteiger partial charge in [-0.25, -0.2) is 13.8 Å². The van der Waals surface area contributed by atoms with E-state index in [9.17, 15) is 30.4 Å². The summed E-state index contributed by atoms with van der Waals surface area (Å²) in [6.07, 6.45) is 0.715. The number of nitrogens with zero attached hydrogens (tertiary/aromatic N) is 1. The molecule has 0 saturated heterocycles. The summed E-state index contributed by atoms with van der Waals surface area (Å²) in [5.74, 6) is -3.93. The molecule has 1 aromatic carbocycles. The molecule has 0 bridgehead atoms. The molecular weight excluding hydrogens is 452 g/mol. The maximum absolute atomic E-state index is 13.6. The number of carbonyl (C=O) groups excluding carboxylic acids is 1. The smallest absolute Gasteiger partial charge is 0.272 e. The number of carbonyl (C=O) groups is 1. The van der Waals surface area contributed by atoms with E-state index in [2.05, 4.69) is 21.4 Å². The Morgan fingerprint density at radius 2 is 1.67 bits per heavy atom. The molecule has 0 saturated carbocycles. The number of H-pyrrole nitrogens is 1. The van der Waals surface area contributed by atoms with E-state index in [0.29, 0.717) is 6.26 Å². The highest BCUT2D eigenvalue weighted by Crippen LogP contribution is 2.22. The molecule has 0 atom stereocenters. The Morgan fingerprint density at radius 3 is 2.10 bits per heavy atom. The van der Waals surface area contributed by atoms with Crippen LogP contribution in [-0.2, 0) is 20.2 Å². The Kier molecular flexibility index (Phi) is 9.67. The van der Waals surface area contributed by atoms with Gasteiger partial charge in [0.25, 0.3) is 20.2 Å². The summed E-state index contributed by atoms with van der Waals surface area (Å²) >= 11 is 0. The van der Waals surface area contributed by atoms with Gasteiger partial charge in [-0.05, 0) is 25.1 Å². The van der Waals surface area contributed by atoms with Gasteiger partial charge in [-0.1, -0.05) is 0 Å². The minimum absolute atomic E-state index is 0.108. The molecule has 0 unspecified atom stereocenters. The van der Waals surface area contributed by atoms with Crippen molar-refractivity contribution in [3.05, 3.63) is 41.2 Å². The Morgan fingerprint density at radius 1 is 1.20 bits per heavy atom. The van der Waals surface area contributed by atoms with Crippen LogP contribution in [0, 0.1) is 24.0 Å². The van der Waals surface area contributed by atoms with Crippen LogP contribution in [0.2, 0.25) is 0 Å². The minimum Gasteiger partial charge on any atom is -0.370 e. The summed E-state index contributed by atoms with van der Waals surface area (Å²) in [6.45, 7) is 1.40. The monoisotopic (exact) mass is 471 g/mol. The number of ketones is 1. The number of imidazole rings is 1. The van der Waals surface area contributed by atoms with Gasteiger partial charge in [0.1, 0.15) is 28.9 Å². The fourth-order valence-corrected chi connectivity index (χ4v) is 2.25. The highest BCUT2D eigenvalue weighted by molar-refractivity contribution is 7.86. The van der Waals surface area contributed by atoms with E-state index in [1.54, 1.807) is 0 Å². The molecule has 12 nitrogen and oxygen atoms in total. The topological polar surface area (TPSA) is 230 Å². The van der Waals surface area contributed by atoms with Crippen LogP contribution in [0.3, 0.4) is 0 Å². The number of rotatable bonds is 4. The third-order valence-electron chi connectivity index (χ3n) is 2.66. The normalized spacial score (nSPS) is 10.9. The summed E-state index contributed by atoms with van der Waals surface area (Å²) < 4.78 is 82.7. The fourth-order valence-electron chi connectivity index (χ4n) is 1.78. The van der Waals surface area contributed by atoms with Gasteiger partial charge < -0.3 is 16.5 Å². The van der Waals surface area contributed by atoms with Gasteiger partial charge in [0, 0.05) is 0 Å². The maximum Gasteiger partial charge on any atom is 0.272 e. The number of Topliss-reactive ketones (excluding diaryl/α,β-unsaturated/α-hetero) is 1. The number of benzene rings is 1. The van der Waals surface area contributed by atoms with Gasteiger partial charge in [-0.15, -0.1) is 0 Å². The first-order valence-electron chi connectivity index (χ1n) is 7.43. The average molecular weight is 471 g/mol. The van der Waals surface area contributed by atoms with Crippen LogP contribution in [0.5, 0.6) is 0 Å². The van der Waals surface area contributed by atoms with Crippen molar-refractivity contribution in [3.63, 3.8) is 0 Å². The van der Waals surface area contributed by atoms with E-state index < -0.39 is 43.4 Å². The molecule has 2 aromatic rings. The molecule has 16 heteroatoms. The van der Waals surface area contributed by atoms with Crippen LogP contribution >= 0.6 is 0 Å². The molecule has 0 amide bonds. The van der Waals surface area contributed by atoms with Crippen LogP contribution in [0.15, 0.2) is 18.2 Å². The van der Waals surface area contributed by atoms with E-state index in [1.165, 1.54) is 6.92 Å². The molecule has 0 fully saturated rings. The van der Waals surface area contributed by atoms with Crippen LogP contribution in [0.25, 0.3) is 11.4 Å². The highest BCUT2D eigenvalue weighted by atomic mass is 32.2. The van der Waals surface area contributed by atoms with Crippen LogP contribution in [0.1, 0.15) is 16.2 Å². The van der Waals surface area contributed by atoms with Crippen molar-refractivity contribution in [2.24, 2.45) is 11.5 Å². The molecule has 30 heavy (non-hydrogen) atoms. The summed E-state index contributed by atoms with van der Waals surface area (Å²) in [7, 11) is -8.16. The number of nitrogens with two attached hydrogens (primary N) is 2. The summed E-state index contributed by atoms with van der Waals surface area (Å²) in [5.41, 5.74) is 8.68. The first kappa shape index (κ1) is 27.0. The van der Waals surface area contributed by atoms with E-state index in [-0.39, 0.29) is 28.7 Å². The lowest BCUT2D eigenvalue weighted by Gasteiger charge is -1.99. The van der Waals surface area contributed by atoms with Crippen molar-refractivity contribution in [3.8, 4) is 11.4 Å². The molecule has 8 N–H and O–H groups in total. The summed E-state index contributed by atoms with van der Waals surface area (Å²) in [5, 5.41) is 6.06. The molecule has 0 spiro atoms. The lowest BCUT2D eigenvalue weighted by atomic mass is 10.2. The Labute approximate surface area is 170 Å². The van der Waals surface area contributed by atoms with Crippen molar-refractivity contribution in [2.75, 3.05) is 12.0 Å². The molecule has 2 rings (SSSR count). The largest absolute Gasteiger partial charge is 0.370 e. The number of aromatic amines is 1. The maximum atomic E-state index is 13.6. The number of aryl methyl sites for hydroxylation is 1. The predicted molar refractivity (Wildman–Crippen MR) is 103 cm³/mol. The van der Waals surface area contributed by atoms with Crippen molar-refractivity contribution >= 4 is 32.0 Å². The second-order valence-corrected chi connectivity index (χ2v) is 8.43. The highest BCUT2D eigenvalue weighted by Gasteiger charge is 2.21. The first-order chi connectivity index (χ1) is 13.4. The van der Waals surface area contributed by atoms with Crippen LogP contribution in [0.4, 0.5) is 8.78 Å². The molecule has 0 aliphatic carbocycles. The van der Waals surface area contributed by atoms with E-state index >= 15 is 0 Å². The SMILES string of the molecule is CS(=O)(=O)O.Cc1nc(-c2cc(F)ccc2F)[nH]c1C(=O)CS(=O)(=O)O.N=C(N)N. The molecule has 0 aliphatic heterocycles. The zero-order valence-electron chi connectivity index (χ0n) is 15.5. The van der Waals surface area contributed by atoms with Gasteiger partial charge >= 0.3 is 0 Å². The fraction of sp³-hybridized carbons (Fsp3) is 0.214. The number of hydrogen-bond donors (Lipinski definition) is 6. The zero-order chi connectivity index (χ0) is 23.9. The second kappa shape index (κ2) is 10.7. The second-order valence-electron chi connectivity index (χ2n) is 5.51. The standard InChI is InChI=1S/C12H10F2N2O4S.CH5N3.CH4O3S/c1-6-11(10(17)5-21(18,19)20)16-12(15-6)8-4-7(13)2-3-9(8)14;2-1(3)4;1-5(2,3)4/h2-4H,5H2,1H3,(H,15,16)(H,18,19,20);(H5,2,3,4);1H3,(H,2,3,4). The lowest BCUT2D eigenvalue weighted by molar-refractivity contribution is 0.101.